The molecular formula is C54H66N10O6. The Labute approximate surface area is 408 Å². The summed E-state index contributed by atoms with van der Waals surface area (Å²) in [4.78, 5) is 71.6. The molecule has 2 aliphatic heterocycles. The molecule has 4 aromatic rings. The number of hydrogen-bond acceptors (Lipinski definition) is 12. The van der Waals surface area contributed by atoms with Crippen LogP contribution >= 0.6 is 0 Å². The van der Waals surface area contributed by atoms with E-state index >= 15 is 0 Å². The van der Waals surface area contributed by atoms with E-state index in [4.69, 9.17) is 11.5 Å². The fraction of sp³-hybridized carbons (Fsp3) is 0.556. The maximum Gasteiger partial charge on any atom is 0.267 e. The summed E-state index contributed by atoms with van der Waals surface area (Å²) < 4.78 is 0. The van der Waals surface area contributed by atoms with E-state index in [1.54, 1.807) is 24.5 Å². The van der Waals surface area contributed by atoms with Crippen molar-refractivity contribution in [3.8, 4) is 22.3 Å². The van der Waals surface area contributed by atoms with E-state index in [9.17, 15) is 29.4 Å². The molecule has 0 radical (unpaired) electrons. The van der Waals surface area contributed by atoms with Crippen molar-refractivity contribution in [1.82, 2.24) is 30.6 Å². The van der Waals surface area contributed by atoms with Crippen molar-refractivity contribution in [2.45, 2.75) is 114 Å². The van der Waals surface area contributed by atoms with E-state index in [2.05, 4.69) is 40.4 Å². The third-order valence-corrected chi connectivity index (χ3v) is 17.8. The number of amides is 4. The number of nitrogens with one attached hydrogen (secondary N) is 2. The van der Waals surface area contributed by atoms with E-state index in [0.29, 0.717) is 35.5 Å². The molecule has 4 unspecified atom stereocenters. The van der Waals surface area contributed by atoms with E-state index in [1.165, 1.54) is 0 Å². The summed E-state index contributed by atoms with van der Waals surface area (Å²) >= 11 is 0. The highest BCUT2D eigenvalue weighted by molar-refractivity contribution is 5.91. The van der Waals surface area contributed by atoms with Crippen molar-refractivity contribution in [2.75, 3.05) is 36.0 Å². The molecule has 0 aromatic carbocycles. The van der Waals surface area contributed by atoms with Crippen molar-refractivity contribution in [2.24, 2.45) is 57.8 Å². The quantitative estimate of drug-likeness (QED) is 0.123. The van der Waals surface area contributed by atoms with E-state index in [-0.39, 0.29) is 58.3 Å². The Morgan fingerprint density at radius 3 is 1.19 bits per heavy atom. The summed E-state index contributed by atoms with van der Waals surface area (Å²) in [6.45, 7) is 3.33. The fourth-order valence-corrected chi connectivity index (χ4v) is 14.7. The topological polar surface area (TPSA) is 243 Å². The first-order valence-electron chi connectivity index (χ1n) is 25.7. The molecule has 16 nitrogen and oxygen atoms in total. The molecule has 10 fully saturated rings. The predicted octanol–water partition coefficient (Wildman–Crippen LogP) is 5.03. The highest BCUT2D eigenvalue weighted by Gasteiger charge is 2.59. The Bertz CT molecular complexity index is 2380. The number of aromatic nitrogens is 4. The minimum Gasteiger partial charge on any atom is -0.393 e. The van der Waals surface area contributed by atoms with Gasteiger partial charge in [-0.25, -0.2) is 9.97 Å². The lowest BCUT2D eigenvalue weighted by molar-refractivity contribution is -0.164. The van der Waals surface area contributed by atoms with Crippen LogP contribution < -0.4 is 31.9 Å². The van der Waals surface area contributed by atoms with Gasteiger partial charge < -0.3 is 42.1 Å². The van der Waals surface area contributed by atoms with Crippen LogP contribution in [0.2, 0.25) is 0 Å². The number of carbonyl (C=O) groups excluding carboxylic acids is 4. The summed E-state index contributed by atoms with van der Waals surface area (Å²) in [5, 5.41) is 27.9. The van der Waals surface area contributed by atoms with Crippen molar-refractivity contribution >= 4 is 35.3 Å². The largest absolute Gasteiger partial charge is 0.393 e. The van der Waals surface area contributed by atoms with Crippen molar-refractivity contribution < 1.29 is 29.4 Å². The Morgan fingerprint density at radius 2 is 0.871 bits per heavy atom. The van der Waals surface area contributed by atoms with Crippen LogP contribution in [0.25, 0.3) is 22.3 Å². The van der Waals surface area contributed by atoms with Crippen LogP contribution in [-0.4, -0.2) is 104 Å². The van der Waals surface area contributed by atoms with Crippen LogP contribution in [0.5, 0.6) is 0 Å². The highest BCUT2D eigenvalue weighted by Crippen LogP contribution is 2.61. The van der Waals surface area contributed by atoms with E-state index in [1.807, 2.05) is 48.8 Å². The summed E-state index contributed by atoms with van der Waals surface area (Å²) in [6, 6.07) is 15.1. The smallest absolute Gasteiger partial charge is 0.267 e. The molecule has 6 heterocycles. The van der Waals surface area contributed by atoms with Crippen LogP contribution in [0, 0.1) is 46.3 Å². The molecule has 2 saturated heterocycles. The van der Waals surface area contributed by atoms with Gasteiger partial charge in [0, 0.05) is 85.3 Å². The number of nitrogens with zero attached hydrogens (tertiary/aromatic N) is 6. The zero-order valence-corrected chi connectivity index (χ0v) is 39.8. The number of hydrogen-bond donors (Lipinski definition) is 6. The third-order valence-electron chi connectivity index (χ3n) is 17.8. The molecule has 14 rings (SSSR count). The number of primary amides is 2. The first-order valence-corrected chi connectivity index (χ1v) is 25.7. The van der Waals surface area contributed by atoms with Gasteiger partial charge in [0.2, 0.25) is 11.8 Å². The van der Waals surface area contributed by atoms with Crippen molar-refractivity contribution in [3.05, 3.63) is 84.7 Å². The second kappa shape index (κ2) is 18.6. The van der Waals surface area contributed by atoms with E-state index in [0.717, 1.165) is 150 Å². The van der Waals surface area contributed by atoms with Crippen molar-refractivity contribution in [3.63, 3.8) is 0 Å². The summed E-state index contributed by atoms with van der Waals surface area (Å²) in [5.41, 5.74) is 14.1. The Balaban J connectivity index is 0.000000152. The van der Waals surface area contributed by atoms with Crippen LogP contribution in [0.3, 0.4) is 0 Å². The summed E-state index contributed by atoms with van der Waals surface area (Å²) in [6.07, 6.45) is 20.2. The molecule has 8 saturated carbocycles. The fourth-order valence-electron chi connectivity index (χ4n) is 14.7. The second-order valence-electron chi connectivity index (χ2n) is 22.4. The Kier molecular flexibility index (Phi) is 12.3. The van der Waals surface area contributed by atoms with Gasteiger partial charge in [-0.15, -0.1) is 0 Å². The lowest BCUT2D eigenvalue weighted by Gasteiger charge is -2.58. The van der Waals surface area contributed by atoms with Crippen LogP contribution in [0.1, 0.15) is 111 Å². The lowest BCUT2D eigenvalue weighted by atomic mass is 9.48. The zero-order valence-electron chi connectivity index (χ0n) is 39.8. The van der Waals surface area contributed by atoms with Crippen molar-refractivity contribution in [1.29, 1.82) is 0 Å². The average Bonchev–Trinajstić information content (AvgIpc) is 3.37. The van der Waals surface area contributed by atoms with Crippen LogP contribution in [-0.2, 0) is 9.59 Å². The zero-order chi connectivity index (χ0) is 48.3. The molecule has 4 aromatic heterocycles. The number of aliphatic hydroxyl groups is 2. The van der Waals surface area contributed by atoms with E-state index < -0.39 is 11.8 Å². The Hall–Kier alpha value is -6.00. The minimum absolute atomic E-state index is 0.112. The number of piperidine rings is 2. The molecule has 0 spiro atoms. The van der Waals surface area contributed by atoms with Gasteiger partial charge in [0.25, 0.3) is 11.8 Å². The third kappa shape index (κ3) is 9.01. The number of carbonyl (C=O) groups is 4. The minimum atomic E-state index is -0.544. The maximum absolute atomic E-state index is 13.5. The first kappa shape index (κ1) is 46.4. The molecule has 8 aliphatic carbocycles. The standard InChI is InChI=1S/2C27H33N5O3/c2*28-25(34)22-5-3-17(13-29-22)18-4-6-23(30-14-18)32-7-1-2-21(15-32)31-26(35)27-10-16-8-19(11-27)24(33)20(9-16)12-27/h2*3-6,13-14,16,19-21,24,33H,1-2,7-12,15H2,(H2,28,34)(H,31,35)/t2*16?,19?,20?,21-,24?,27?/m00/s1. The summed E-state index contributed by atoms with van der Waals surface area (Å²) in [7, 11) is 0. The molecule has 8 bridgehead atoms. The van der Waals surface area contributed by atoms with Gasteiger partial charge in [-0.05, 0) is 162 Å². The molecule has 6 atom stereocenters. The van der Waals surface area contributed by atoms with Gasteiger partial charge >= 0.3 is 0 Å². The number of aliphatic hydroxyl groups excluding tert-OH is 2. The SMILES string of the molecule is NC(=O)c1ccc(-c2ccc(N3CCC[C@H](NC(=O)C45CC6CC(C4)C(O)C(C6)C5)C3)nc2)cn1.NC(=O)c1ccc(-c2ccc(N3CCC[C@H](NC(=O)C45CC6CC(C4)C(O)C(C6)C5)C3)nc2)cn1. The number of nitrogens with two attached hydrogens (primary N) is 2. The number of rotatable bonds is 10. The highest BCUT2D eigenvalue weighted by atomic mass is 16.3. The maximum atomic E-state index is 13.5. The molecule has 70 heavy (non-hydrogen) atoms. The van der Waals surface area contributed by atoms with Gasteiger partial charge in [0.1, 0.15) is 23.0 Å². The molecule has 16 heteroatoms. The number of pyridine rings is 4. The van der Waals surface area contributed by atoms with Gasteiger partial charge in [-0.2, -0.15) is 0 Å². The molecular weight excluding hydrogens is 885 g/mol. The predicted molar refractivity (Wildman–Crippen MR) is 263 cm³/mol. The Morgan fingerprint density at radius 1 is 0.514 bits per heavy atom. The van der Waals surface area contributed by atoms with Gasteiger partial charge in [-0.1, -0.05) is 12.1 Å². The van der Waals surface area contributed by atoms with Crippen LogP contribution in [0.15, 0.2) is 73.3 Å². The molecule has 4 amide bonds. The molecule has 368 valence electrons. The van der Waals surface area contributed by atoms with Gasteiger partial charge in [0.15, 0.2) is 0 Å². The normalized spacial score (nSPS) is 33.5. The molecule has 8 N–H and O–H groups in total. The lowest BCUT2D eigenvalue weighted by Crippen LogP contribution is -2.60. The molecule has 10 aliphatic rings. The first-order chi connectivity index (χ1) is 33.8. The monoisotopic (exact) mass is 951 g/mol. The average molecular weight is 951 g/mol. The second-order valence-corrected chi connectivity index (χ2v) is 22.4. The number of anilines is 2. The van der Waals surface area contributed by atoms with Gasteiger partial charge in [0.05, 0.1) is 23.0 Å². The van der Waals surface area contributed by atoms with Crippen LogP contribution in [0.4, 0.5) is 11.6 Å². The summed E-state index contributed by atoms with van der Waals surface area (Å²) in [5.74, 6) is 3.56. The van der Waals surface area contributed by atoms with Gasteiger partial charge in [-0.3, -0.25) is 29.1 Å².